The molecule has 0 aromatic carbocycles. The van der Waals surface area contributed by atoms with Crippen LogP contribution in [0, 0.1) is 6.92 Å². The Morgan fingerprint density at radius 3 is 2.71 bits per heavy atom. The summed E-state index contributed by atoms with van der Waals surface area (Å²) < 4.78 is 1.96. The number of nitrogens with one attached hydrogen (secondary N) is 1. The van der Waals surface area contributed by atoms with Crippen LogP contribution in [0.25, 0.3) is 5.82 Å². The lowest BCUT2D eigenvalue weighted by Gasteiger charge is -2.09. The highest BCUT2D eigenvalue weighted by atomic mass is 15.1. The summed E-state index contributed by atoms with van der Waals surface area (Å²) in [5, 5.41) is 3.22. The Labute approximate surface area is 101 Å². The highest BCUT2D eigenvalue weighted by molar-refractivity contribution is 5.42. The fourth-order valence-electron chi connectivity index (χ4n) is 1.66. The van der Waals surface area contributed by atoms with E-state index in [0.717, 1.165) is 36.3 Å². The topological polar surface area (TPSA) is 55.6 Å². The largest absolute Gasteiger partial charge is 0.370 e. The lowest BCUT2D eigenvalue weighted by Crippen LogP contribution is -2.07. The van der Waals surface area contributed by atoms with Crippen molar-refractivity contribution in [2.45, 2.75) is 27.2 Å². The number of nitrogens with zero attached hydrogens (tertiary/aromatic N) is 4. The van der Waals surface area contributed by atoms with Gasteiger partial charge in [0, 0.05) is 31.4 Å². The Kier molecular flexibility index (Phi) is 3.37. The van der Waals surface area contributed by atoms with Crippen molar-refractivity contribution < 1.29 is 0 Å². The Morgan fingerprint density at radius 1 is 1.29 bits per heavy atom. The standard InChI is InChI=1S/C12H17N5/c1-4-10-15-11(13-5-2)8-12(16-10)17-7-6-14-9(17)3/h6-8H,4-5H2,1-3H3,(H,13,15,16). The molecule has 0 aliphatic rings. The second-order valence-electron chi connectivity index (χ2n) is 3.76. The number of aromatic nitrogens is 4. The molecule has 90 valence electrons. The predicted octanol–water partition coefficient (Wildman–Crippen LogP) is 1.96. The van der Waals surface area contributed by atoms with E-state index in [2.05, 4.69) is 34.1 Å². The van der Waals surface area contributed by atoms with Crippen LogP contribution in [0.1, 0.15) is 25.5 Å². The van der Waals surface area contributed by atoms with Gasteiger partial charge in [0.2, 0.25) is 0 Å². The number of aryl methyl sites for hydroxylation is 2. The molecule has 0 unspecified atom stereocenters. The van der Waals surface area contributed by atoms with Gasteiger partial charge < -0.3 is 5.32 Å². The lowest BCUT2D eigenvalue weighted by atomic mass is 10.4. The summed E-state index contributed by atoms with van der Waals surface area (Å²) in [6.07, 6.45) is 4.50. The van der Waals surface area contributed by atoms with Crippen LogP contribution in [-0.2, 0) is 6.42 Å². The van der Waals surface area contributed by atoms with Gasteiger partial charge in [-0.15, -0.1) is 0 Å². The molecule has 0 saturated heterocycles. The summed E-state index contributed by atoms with van der Waals surface area (Å²) in [5.74, 6) is 3.49. The van der Waals surface area contributed by atoms with E-state index in [0.29, 0.717) is 0 Å². The van der Waals surface area contributed by atoms with Crippen molar-refractivity contribution in [2.75, 3.05) is 11.9 Å². The number of hydrogen-bond donors (Lipinski definition) is 1. The molecule has 0 bridgehead atoms. The smallest absolute Gasteiger partial charge is 0.143 e. The summed E-state index contributed by atoms with van der Waals surface area (Å²) in [5.41, 5.74) is 0. The van der Waals surface area contributed by atoms with Crippen molar-refractivity contribution in [3.8, 4) is 5.82 Å². The van der Waals surface area contributed by atoms with Crippen molar-refractivity contribution in [1.29, 1.82) is 0 Å². The van der Waals surface area contributed by atoms with E-state index in [1.807, 2.05) is 23.8 Å². The van der Waals surface area contributed by atoms with Crippen molar-refractivity contribution in [3.05, 3.63) is 30.1 Å². The maximum absolute atomic E-state index is 4.51. The number of rotatable bonds is 4. The average Bonchev–Trinajstić information content (AvgIpc) is 2.75. The Balaban J connectivity index is 2.46. The zero-order valence-electron chi connectivity index (χ0n) is 10.4. The molecule has 0 radical (unpaired) electrons. The minimum absolute atomic E-state index is 0.819. The van der Waals surface area contributed by atoms with Crippen LogP contribution >= 0.6 is 0 Å². The Morgan fingerprint density at radius 2 is 2.12 bits per heavy atom. The van der Waals surface area contributed by atoms with Gasteiger partial charge in [-0.1, -0.05) is 6.92 Å². The summed E-state index contributed by atoms with van der Waals surface area (Å²) >= 11 is 0. The van der Waals surface area contributed by atoms with E-state index in [9.17, 15) is 0 Å². The molecule has 2 aromatic rings. The highest BCUT2D eigenvalue weighted by Gasteiger charge is 2.06. The normalized spacial score (nSPS) is 10.5. The molecule has 0 aliphatic carbocycles. The van der Waals surface area contributed by atoms with Gasteiger partial charge in [-0.05, 0) is 13.8 Å². The molecule has 2 aromatic heterocycles. The van der Waals surface area contributed by atoms with Crippen molar-refractivity contribution in [1.82, 2.24) is 19.5 Å². The minimum atomic E-state index is 0.819. The number of hydrogen-bond acceptors (Lipinski definition) is 4. The van der Waals surface area contributed by atoms with E-state index in [1.165, 1.54) is 0 Å². The van der Waals surface area contributed by atoms with Crippen molar-refractivity contribution >= 4 is 5.82 Å². The van der Waals surface area contributed by atoms with Crippen LogP contribution in [0.3, 0.4) is 0 Å². The molecular weight excluding hydrogens is 214 g/mol. The third kappa shape index (κ3) is 2.43. The van der Waals surface area contributed by atoms with Gasteiger partial charge in [-0.2, -0.15) is 0 Å². The van der Waals surface area contributed by atoms with E-state index >= 15 is 0 Å². The van der Waals surface area contributed by atoms with E-state index in [-0.39, 0.29) is 0 Å². The second kappa shape index (κ2) is 4.95. The first-order chi connectivity index (χ1) is 8.24. The van der Waals surface area contributed by atoms with Gasteiger partial charge in [-0.3, -0.25) is 4.57 Å². The van der Waals surface area contributed by atoms with Crippen LogP contribution in [0.5, 0.6) is 0 Å². The Hall–Kier alpha value is -1.91. The van der Waals surface area contributed by atoms with Gasteiger partial charge >= 0.3 is 0 Å². The van der Waals surface area contributed by atoms with Gasteiger partial charge in [-0.25, -0.2) is 15.0 Å². The molecule has 1 N–H and O–H groups in total. The average molecular weight is 231 g/mol. The molecular formula is C12H17N5. The molecule has 0 saturated carbocycles. The van der Waals surface area contributed by atoms with E-state index in [1.54, 1.807) is 6.20 Å². The predicted molar refractivity (Wildman–Crippen MR) is 67.4 cm³/mol. The zero-order chi connectivity index (χ0) is 12.3. The van der Waals surface area contributed by atoms with Gasteiger partial charge in [0.1, 0.15) is 23.3 Å². The fraction of sp³-hybridized carbons (Fsp3) is 0.417. The summed E-state index contributed by atoms with van der Waals surface area (Å²) in [7, 11) is 0. The lowest BCUT2D eigenvalue weighted by molar-refractivity contribution is 0.866. The van der Waals surface area contributed by atoms with Crippen LogP contribution in [0.4, 0.5) is 5.82 Å². The first-order valence-electron chi connectivity index (χ1n) is 5.86. The Bertz CT molecular complexity index is 503. The summed E-state index contributed by atoms with van der Waals surface area (Å²) in [6.45, 7) is 6.91. The molecule has 0 fully saturated rings. The van der Waals surface area contributed by atoms with Gasteiger partial charge in [0.05, 0.1) is 0 Å². The second-order valence-corrected chi connectivity index (χ2v) is 3.76. The fourth-order valence-corrected chi connectivity index (χ4v) is 1.66. The molecule has 5 heteroatoms. The van der Waals surface area contributed by atoms with Crippen LogP contribution in [-0.4, -0.2) is 26.1 Å². The zero-order valence-corrected chi connectivity index (χ0v) is 10.4. The minimum Gasteiger partial charge on any atom is -0.370 e. The molecule has 0 atom stereocenters. The molecule has 2 rings (SSSR count). The molecule has 0 amide bonds. The summed E-state index contributed by atoms with van der Waals surface area (Å²) in [6, 6.07) is 1.94. The van der Waals surface area contributed by atoms with E-state index in [4.69, 9.17) is 0 Å². The van der Waals surface area contributed by atoms with Gasteiger partial charge in [0.15, 0.2) is 0 Å². The maximum Gasteiger partial charge on any atom is 0.143 e. The quantitative estimate of drug-likeness (QED) is 0.874. The molecule has 5 nitrogen and oxygen atoms in total. The molecule has 17 heavy (non-hydrogen) atoms. The third-order valence-corrected chi connectivity index (χ3v) is 2.51. The first-order valence-corrected chi connectivity index (χ1v) is 5.86. The molecule has 0 aliphatic heterocycles. The third-order valence-electron chi connectivity index (χ3n) is 2.51. The number of imidazole rings is 1. The van der Waals surface area contributed by atoms with E-state index < -0.39 is 0 Å². The van der Waals surface area contributed by atoms with Crippen molar-refractivity contribution in [3.63, 3.8) is 0 Å². The van der Waals surface area contributed by atoms with Crippen molar-refractivity contribution in [2.24, 2.45) is 0 Å². The van der Waals surface area contributed by atoms with Crippen LogP contribution in [0.2, 0.25) is 0 Å². The summed E-state index contributed by atoms with van der Waals surface area (Å²) in [4.78, 5) is 13.1. The molecule has 0 spiro atoms. The highest BCUT2D eigenvalue weighted by Crippen LogP contribution is 2.13. The number of anilines is 1. The van der Waals surface area contributed by atoms with Gasteiger partial charge in [0.25, 0.3) is 0 Å². The molecule has 2 heterocycles. The monoisotopic (exact) mass is 231 g/mol. The maximum atomic E-state index is 4.51. The first kappa shape index (κ1) is 11.6. The SMILES string of the molecule is CCNc1cc(-n2ccnc2C)nc(CC)n1. The van der Waals surface area contributed by atoms with Crippen LogP contribution in [0.15, 0.2) is 18.5 Å². The van der Waals surface area contributed by atoms with Crippen LogP contribution < -0.4 is 5.32 Å².